The minimum Gasteiger partial charge on any atom is -0.144 e. The van der Waals surface area contributed by atoms with Crippen molar-refractivity contribution in [2.24, 2.45) is 0 Å². The molecule has 1 aromatic heterocycles. The molecule has 0 amide bonds. The van der Waals surface area contributed by atoms with Gasteiger partial charge in [0.2, 0.25) is 0 Å². The van der Waals surface area contributed by atoms with E-state index in [4.69, 9.17) is 0 Å². The van der Waals surface area contributed by atoms with Crippen LogP contribution < -0.4 is 0 Å². The Balaban J connectivity index is 2.88. The zero-order valence-electron chi connectivity index (χ0n) is 8.22. The van der Waals surface area contributed by atoms with Gasteiger partial charge in [-0.15, -0.1) is 21.5 Å². The summed E-state index contributed by atoms with van der Waals surface area (Å²) in [5.41, 5.74) is 0.199. The van der Waals surface area contributed by atoms with Gasteiger partial charge in [0.15, 0.2) is 0 Å². The highest BCUT2D eigenvalue weighted by molar-refractivity contribution is 7.11. The first-order valence-corrected chi connectivity index (χ1v) is 5.24. The average molecular weight is 184 g/mol. The normalized spacial score (nSPS) is 12.0. The molecule has 0 unspecified atom stereocenters. The van der Waals surface area contributed by atoms with Gasteiger partial charge in [-0.05, 0) is 12.8 Å². The van der Waals surface area contributed by atoms with E-state index < -0.39 is 0 Å². The van der Waals surface area contributed by atoms with Crippen LogP contribution in [0.25, 0.3) is 0 Å². The highest BCUT2D eigenvalue weighted by Crippen LogP contribution is 2.28. The molecule has 0 aliphatic rings. The van der Waals surface area contributed by atoms with Crippen molar-refractivity contribution in [1.29, 1.82) is 0 Å². The molecule has 0 aliphatic carbocycles. The van der Waals surface area contributed by atoms with E-state index in [1.807, 2.05) is 0 Å². The lowest BCUT2D eigenvalue weighted by Gasteiger charge is -2.17. The van der Waals surface area contributed by atoms with Crippen molar-refractivity contribution in [1.82, 2.24) is 10.2 Å². The minimum absolute atomic E-state index is 0.199. The van der Waals surface area contributed by atoms with Crippen molar-refractivity contribution in [3.05, 3.63) is 10.0 Å². The van der Waals surface area contributed by atoms with E-state index >= 15 is 0 Å². The molecule has 0 saturated heterocycles. The van der Waals surface area contributed by atoms with Gasteiger partial charge in [0.05, 0.1) is 0 Å². The molecule has 0 N–H and O–H groups in total. The first kappa shape index (κ1) is 9.65. The van der Waals surface area contributed by atoms with Crippen LogP contribution in [0.15, 0.2) is 0 Å². The molecule has 0 bridgehead atoms. The van der Waals surface area contributed by atoms with Crippen LogP contribution in [0.5, 0.6) is 0 Å². The van der Waals surface area contributed by atoms with Gasteiger partial charge in [-0.1, -0.05) is 27.7 Å². The molecule has 1 heterocycles. The fraction of sp³-hybridized carbons (Fsp3) is 0.778. The first-order chi connectivity index (χ1) is 5.60. The minimum atomic E-state index is 0.199. The molecule has 1 aromatic rings. The zero-order chi connectivity index (χ0) is 9.19. The Morgan fingerprint density at radius 2 is 1.92 bits per heavy atom. The summed E-state index contributed by atoms with van der Waals surface area (Å²) in [6.07, 6.45) is 2.11. The van der Waals surface area contributed by atoms with Gasteiger partial charge in [-0.2, -0.15) is 0 Å². The lowest BCUT2D eigenvalue weighted by Crippen LogP contribution is -2.14. The monoisotopic (exact) mass is 184 g/mol. The van der Waals surface area contributed by atoms with E-state index in [0.717, 1.165) is 17.8 Å². The number of nitrogens with zero attached hydrogens (tertiary/aromatic N) is 2. The van der Waals surface area contributed by atoms with E-state index in [1.54, 1.807) is 11.3 Å². The molecular weight excluding hydrogens is 168 g/mol. The average Bonchev–Trinajstić information content (AvgIpc) is 2.52. The molecule has 3 heteroatoms. The summed E-state index contributed by atoms with van der Waals surface area (Å²) in [6.45, 7) is 8.73. The van der Waals surface area contributed by atoms with Crippen molar-refractivity contribution in [2.75, 3.05) is 0 Å². The van der Waals surface area contributed by atoms with Crippen molar-refractivity contribution >= 4 is 11.3 Å². The lowest BCUT2D eigenvalue weighted by atomic mass is 9.91. The third kappa shape index (κ3) is 1.83. The third-order valence-electron chi connectivity index (χ3n) is 2.23. The molecule has 68 valence electrons. The van der Waals surface area contributed by atoms with Crippen LogP contribution in [0, 0.1) is 0 Å². The predicted octanol–water partition coefficient (Wildman–Crippen LogP) is 2.79. The highest BCUT2D eigenvalue weighted by atomic mass is 32.1. The summed E-state index contributed by atoms with van der Waals surface area (Å²) in [4.78, 5) is 0. The quantitative estimate of drug-likeness (QED) is 0.722. The summed E-state index contributed by atoms with van der Waals surface area (Å²) in [6, 6.07) is 0. The summed E-state index contributed by atoms with van der Waals surface area (Å²) in [5, 5.41) is 10.6. The fourth-order valence-corrected chi connectivity index (χ4v) is 1.77. The van der Waals surface area contributed by atoms with Crippen LogP contribution in [0.1, 0.15) is 44.1 Å². The van der Waals surface area contributed by atoms with Crippen LogP contribution in [0.4, 0.5) is 0 Å². The maximum Gasteiger partial charge on any atom is 0.123 e. The summed E-state index contributed by atoms with van der Waals surface area (Å²) in [5.74, 6) is 0. The molecule has 0 aliphatic heterocycles. The Morgan fingerprint density at radius 3 is 2.33 bits per heavy atom. The largest absolute Gasteiger partial charge is 0.144 e. The summed E-state index contributed by atoms with van der Waals surface area (Å²) < 4.78 is 0. The molecule has 2 nitrogen and oxygen atoms in total. The molecule has 12 heavy (non-hydrogen) atoms. The standard InChI is InChI=1S/C9H16N2S/c1-5-7-10-11-8(12-7)9(3,4)6-2/h5-6H2,1-4H3. The Morgan fingerprint density at radius 1 is 1.25 bits per heavy atom. The SMILES string of the molecule is CCc1nnc(C(C)(C)CC)s1. The Kier molecular flexibility index (Phi) is 2.83. The Labute approximate surface area is 78.0 Å². The number of rotatable bonds is 3. The van der Waals surface area contributed by atoms with Gasteiger partial charge >= 0.3 is 0 Å². The lowest BCUT2D eigenvalue weighted by molar-refractivity contribution is 0.498. The highest BCUT2D eigenvalue weighted by Gasteiger charge is 2.22. The molecular formula is C9H16N2S. The second kappa shape index (κ2) is 3.52. The molecule has 0 saturated carbocycles. The van der Waals surface area contributed by atoms with E-state index in [1.165, 1.54) is 5.01 Å². The fourth-order valence-electron chi connectivity index (χ4n) is 0.821. The van der Waals surface area contributed by atoms with Gasteiger partial charge in [0, 0.05) is 5.41 Å². The summed E-state index contributed by atoms with van der Waals surface area (Å²) in [7, 11) is 0. The van der Waals surface area contributed by atoms with Crippen LogP contribution in [0.3, 0.4) is 0 Å². The van der Waals surface area contributed by atoms with Crippen LogP contribution in [-0.4, -0.2) is 10.2 Å². The van der Waals surface area contributed by atoms with E-state index in [9.17, 15) is 0 Å². The van der Waals surface area contributed by atoms with Gasteiger partial charge in [0.25, 0.3) is 0 Å². The second-order valence-corrected chi connectivity index (χ2v) is 4.65. The van der Waals surface area contributed by atoms with E-state index in [0.29, 0.717) is 0 Å². The van der Waals surface area contributed by atoms with Crippen molar-refractivity contribution in [3.8, 4) is 0 Å². The Hall–Kier alpha value is -0.440. The smallest absolute Gasteiger partial charge is 0.123 e. The zero-order valence-corrected chi connectivity index (χ0v) is 9.03. The first-order valence-electron chi connectivity index (χ1n) is 4.43. The second-order valence-electron chi connectivity index (χ2n) is 3.59. The molecule has 0 atom stereocenters. The summed E-state index contributed by atoms with van der Waals surface area (Å²) >= 11 is 1.74. The van der Waals surface area contributed by atoms with Gasteiger partial charge < -0.3 is 0 Å². The molecule has 1 rings (SSSR count). The number of hydrogen-bond donors (Lipinski definition) is 0. The maximum absolute atomic E-state index is 4.20. The molecule has 0 aromatic carbocycles. The maximum atomic E-state index is 4.20. The van der Waals surface area contributed by atoms with Crippen LogP contribution in [0.2, 0.25) is 0 Å². The van der Waals surface area contributed by atoms with E-state index in [-0.39, 0.29) is 5.41 Å². The van der Waals surface area contributed by atoms with Crippen molar-refractivity contribution in [2.45, 2.75) is 46.0 Å². The van der Waals surface area contributed by atoms with Crippen molar-refractivity contribution in [3.63, 3.8) is 0 Å². The van der Waals surface area contributed by atoms with Gasteiger partial charge in [-0.25, -0.2) is 0 Å². The third-order valence-corrected chi connectivity index (χ3v) is 3.67. The number of aromatic nitrogens is 2. The molecule has 0 fully saturated rings. The topological polar surface area (TPSA) is 25.8 Å². The van der Waals surface area contributed by atoms with Gasteiger partial charge in [-0.3, -0.25) is 0 Å². The van der Waals surface area contributed by atoms with Gasteiger partial charge in [0.1, 0.15) is 10.0 Å². The molecule has 0 spiro atoms. The van der Waals surface area contributed by atoms with Crippen molar-refractivity contribution < 1.29 is 0 Å². The Bertz CT molecular complexity index is 253. The predicted molar refractivity (Wildman–Crippen MR) is 52.6 cm³/mol. The molecule has 0 radical (unpaired) electrons. The van der Waals surface area contributed by atoms with Crippen LogP contribution in [-0.2, 0) is 11.8 Å². The van der Waals surface area contributed by atoms with Crippen LogP contribution >= 0.6 is 11.3 Å². The number of aryl methyl sites for hydroxylation is 1. The number of hydrogen-bond acceptors (Lipinski definition) is 3. The van der Waals surface area contributed by atoms with E-state index in [2.05, 4.69) is 37.9 Å².